The molecule has 4 heteroatoms. The Morgan fingerprint density at radius 2 is 1.72 bits per heavy atom. The minimum Gasteiger partial charge on any atom is -0.360 e. The molecule has 2 aromatic carbocycles. The normalized spacial score (nSPS) is 12.4. The molecule has 1 heterocycles. The lowest BCUT2D eigenvalue weighted by atomic mass is 9.86. The molecule has 25 heavy (non-hydrogen) atoms. The van der Waals surface area contributed by atoms with Crippen LogP contribution in [0.15, 0.2) is 59.8 Å². The number of amides is 1. The Balaban J connectivity index is 1.76. The standard InChI is InChI=1S/C21H23N3O/c1-14(15-9-11-16(12-10-15)21(2,3)4)23-24-20(25)18-13-22-19-8-6-5-7-17(18)19/h5-13,22H,1-4H3,(H,24,25)/b23-14-. The van der Waals surface area contributed by atoms with Crippen LogP contribution < -0.4 is 5.43 Å². The van der Waals surface area contributed by atoms with Gasteiger partial charge in [0.2, 0.25) is 0 Å². The summed E-state index contributed by atoms with van der Waals surface area (Å²) < 4.78 is 0. The van der Waals surface area contributed by atoms with Crippen LogP contribution in [0.1, 0.15) is 49.2 Å². The molecule has 1 aromatic heterocycles. The maximum absolute atomic E-state index is 12.4. The van der Waals surface area contributed by atoms with Gasteiger partial charge in [0.1, 0.15) is 0 Å². The number of benzene rings is 2. The van der Waals surface area contributed by atoms with Crippen LogP contribution in [-0.2, 0) is 5.41 Å². The average Bonchev–Trinajstić information content (AvgIpc) is 3.03. The predicted molar refractivity (Wildman–Crippen MR) is 103 cm³/mol. The molecule has 3 rings (SSSR count). The van der Waals surface area contributed by atoms with Crippen molar-refractivity contribution in [2.75, 3.05) is 0 Å². The Bertz CT molecular complexity index is 928. The molecule has 0 aliphatic heterocycles. The minimum atomic E-state index is -0.219. The number of fused-ring (bicyclic) bond motifs is 1. The molecule has 0 saturated heterocycles. The largest absolute Gasteiger partial charge is 0.360 e. The van der Waals surface area contributed by atoms with Gasteiger partial charge in [-0.2, -0.15) is 5.10 Å². The van der Waals surface area contributed by atoms with E-state index < -0.39 is 0 Å². The molecule has 4 nitrogen and oxygen atoms in total. The van der Waals surface area contributed by atoms with E-state index in [1.807, 2.05) is 43.3 Å². The summed E-state index contributed by atoms with van der Waals surface area (Å²) in [7, 11) is 0. The first-order chi connectivity index (χ1) is 11.9. The molecule has 0 aliphatic rings. The molecule has 0 aliphatic carbocycles. The van der Waals surface area contributed by atoms with Crippen LogP contribution in [0.3, 0.4) is 0 Å². The quantitative estimate of drug-likeness (QED) is 0.533. The van der Waals surface area contributed by atoms with Gasteiger partial charge in [0, 0.05) is 17.1 Å². The topological polar surface area (TPSA) is 57.2 Å². The summed E-state index contributed by atoms with van der Waals surface area (Å²) in [4.78, 5) is 15.5. The number of aromatic amines is 1. The fraction of sp³-hybridized carbons (Fsp3) is 0.238. The highest BCUT2D eigenvalue weighted by Crippen LogP contribution is 2.22. The van der Waals surface area contributed by atoms with E-state index in [0.29, 0.717) is 5.56 Å². The summed E-state index contributed by atoms with van der Waals surface area (Å²) in [6.07, 6.45) is 1.71. The summed E-state index contributed by atoms with van der Waals surface area (Å²) in [6.45, 7) is 8.45. The van der Waals surface area contributed by atoms with E-state index in [-0.39, 0.29) is 11.3 Å². The molecular formula is C21H23N3O. The zero-order valence-electron chi connectivity index (χ0n) is 15.1. The lowest BCUT2D eigenvalue weighted by molar-refractivity contribution is 0.0956. The Kier molecular flexibility index (Phi) is 4.45. The van der Waals surface area contributed by atoms with Crippen molar-refractivity contribution in [3.63, 3.8) is 0 Å². The molecule has 2 N–H and O–H groups in total. The van der Waals surface area contributed by atoms with Crippen molar-refractivity contribution < 1.29 is 4.79 Å². The summed E-state index contributed by atoms with van der Waals surface area (Å²) >= 11 is 0. The number of hydrogen-bond acceptors (Lipinski definition) is 2. The van der Waals surface area contributed by atoms with Crippen molar-refractivity contribution in [2.24, 2.45) is 5.10 Å². The third-order valence-electron chi connectivity index (χ3n) is 4.33. The van der Waals surface area contributed by atoms with Gasteiger partial charge in [-0.25, -0.2) is 5.43 Å². The molecular weight excluding hydrogens is 310 g/mol. The zero-order chi connectivity index (χ0) is 18.0. The fourth-order valence-electron chi connectivity index (χ4n) is 2.73. The van der Waals surface area contributed by atoms with Gasteiger partial charge < -0.3 is 4.98 Å². The van der Waals surface area contributed by atoms with Gasteiger partial charge in [-0.3, -0.25) is 4.79 Å². The molecule has 0 saturated carbocycles. The second-order valence-electron chi connectivity index (χ2n) is 7.21. The number of carbonyl (C=O) groups is 1. The number of H-pyrrole nitrogens is 1. The number of hydrazone groups is 1. The summed E-state index contributed by atoms with van der Waals surface area (Å²) in [5.41, 5.74) is 7.33. The second kappa shape index (κ2) is 6.55. The van der Waals surface area contributed by atoms with Gasteiger partial charge in [-0.15, -0.1) is 0 Å². The highest BCUT2D eigenvalue weighted by Gasteiger charge is 2.14. The maximum Gasteiger partial charge on any atom is 0.273 e. The van der Waals surface area contributed by atoms with E-state index in [1.165, 1.54) is 5.56 Å². The molecule has 0 fully saturated rings. The van der Waals surface area contributed by atoms with Crippen LogP contribution in [0.25, 0.3) is 10.9 Å². The van der Waals surface area contributed by atoms with Crippen molar-refractivity contribution in [3.8, 4) is 0 Å². The van der Waals surface area contributed by atoms with Gasteiger partial charge in [0.25, 0.3) is 5.91 Å². The number of rotatable bonds is 3. The third kappa shape index (κ3) is 3.63. The Morgan fingerprint density at radius 3 is 2.40 bits per heavy atom. The highest BCUT2D eigenvalue weighted by molar-refractivity contribution is 6.07. The number of nitrogens with zero attached hydrogens (tertiary/aromatic N) is 1. The average molecular weight is 333 g/mol. The van der Waals surface area contributed by atoms with Crippen molar-refractivity contribution in [1.29, 1.82) is 0 Å². The summed E-state index contributed by atoms with van der Waals surface area (Å²) in [6, 6.07) is 16.0. The molecule has 1 amide bonds. The van der Waals surface area contributed by atoms with Crippen LogP contribution in [0.2, 0.25) is 0 Å². The van der Waals surface area contributed by atoms with E-state index >= 15 is 0 Å². The summed E-state index contributed by atoms with van der Waals surface area (Å²) in [5, 5.41) is 5.14. The first kappa shape index (κ1) is 17.0. The second-order valence-corrected chi connectivity index (χ2v) is 7.21. The van der Waals surface area contributed by atoms with Crippen LogP contribution in [-0.4, -0.2) is 16.6 Å². The van der Waals surface area contributed by atoms with E-state index in [0.717, 1.165) is 22.2 Å². The van der Waals surface area contributed by atoms with Crippen molar-refractivity contribution in [1.82, 2.24) is 10.4 Å². The molecule has 3 aromatic rings. The first-order valence-electron chi connectivity index (χ1n) is 8.38. The molecule has 0 bridgehead atoms. The van der Waals surface area contributed by atoms with Gasteiger partial charge in [-0.05, 0) is 29.5 Å². The van der Waals surface area contributed by atoms with Crippen molar-refractivity contribution >= 4 is 22.5 Å². The smallest absolute Gasteiger partial charge is 0.273 e. The van der Waals surface area contributed by atoms with Gasteiger partial charge >= 0.3 is 0 Å². The maximum atomic E-state index is 12.4. The van der Waals surface area contributed by atoms with Crippen LogP contribution in [0.5, 0.6) is 0 Å². The number of carbonyl (C=O) groups excluding carboxylic acids is 1. The highest BCUT2D eigenvalue weighted by atomic mass is 16.2. The van der Waals surface area contributed by atoms with Crippen LogP contribution >= 0.6 is 0 Å². The van der Waals surface area contributed by atoms with Gasteiger partial charge in [0.05, 0.1) is 11.3 Å². The van der Waals surface area contributed by atoms with E-state index in [1.54, 1.807) is 6.20 Å². The molecule has 0 radical (unpaired) electrons. The molecule has 0 spiro atoms. The van der Waals surface area contributed by atoms with E-state index in [9.17, 15) is 4.79 Å². The molecule has 0 unspecified atom stereocenters. The van der Waals surface area contributed by atoms with E-state index in [4.69, 9.17) is 0 Å². The van der Waals surface area contributed by atoms with Crippen molar-refractivity contribution in [2.45, 2.75) is 33.1 Å². The number of nitrogens with one attached hydrogen (secondary N) is 2. The number of para-hydroxylation sites is 1. The predicted octanol–water partition coefficient (Wildman–Crippen LogP) is 4.62. The van der Waals surface area contributed by atoms with Gasteiger partial charge in [-0.1, -0.05) is 63.2 Å². The Hall–Kier alpha value is -2.88. The summed E-state index contributed by atoms with van der Waals surface area (Å²) in [5.74, 6) is -0.219. The van der Waals surface area contributed by atoms with Crippen LogP contribution in [0, 0.1) is 0 Å². The SMILES string of the molecule is C/C(=N/NC(=O)c1c[nH]c2ccccc12)c1ccc(C(C)(C)C)cc1. The number of hydrogen-bond donors (Lipinski definition) is 2. The zero-order valence-corrected chi connectivity index (χ0v) is 15.1. The third-order valence-corrected chi connectivity index (χ3v) is 4.33. The Labute approximate surface area is 148 Å². The van der Waals surface area contributed by atoms with E-state index in [2.05, 4.69) is 48.4 Å². The minimum absolute atomic E-state index is 0.118. The fourth-order valence-corrected chi connectivity index (χ4v) is 2.73. The molecule has 128 valence electrons. The Morgan fingerprint density at radius 1 is 1.04 bits per heavy atom. The molecule has 0 atom stereocenters. The van der Waals surface area contributed by atoms with Crippen LogP contribution in [0.4, 0.5) is 0 Å². The lowest BCUT2D eigenvalue weighted by Crippen LogP contribution is -2.19. The van der Waals surface area contributed by atoms with Crippen molar-refractivity contribution in [3.05, 3.63) is 71.4 Å². The van der Waals surface area contributed by atoms with Gasteiger partial charge in [0.15, 0.2) is 0 Å². The monoisotopic (exact) mass is 333 g/mol. The lowest BCUT2D eigenvalue weighted by Gasteiger charge is -2.19. The first-order valence-corrected chi connectivity index (χ1v) is 8.38. The number of aromatic nitrogens is 1.